The second-order valence-electron chi connectivity index (χ2n) is 4.32. The second-order valence-corrected chi connectivity index (χ2v) is 5.85. The van der Waals surface area contributed by atoms with E-state index in [1.54, 1.807) is 0 Å². The van der Waals surface area contributed by atoms with Crippen LogP contribution in [0.2, 0.25) is 0 Å². The van der Waals surface area contributed by atoms with E-state index in [2.05, 4.69) is 15.5 Å². The van der Waals surface area contributed by atoms with Gasteiger partial charge in [-0.2, -0.15) is 0 Å². The molecule has 5 nitrogen and oxygen atoms in total. The maximum absolute atomic E-state index is 12.7. The van der Waals surface area contributed by atoms with Crippen LogP contribution >= 0.6 is 11.8 Å². The number of halogens is 1. The van der Waals surface area contributed by atoms with Crippen LogP contribution in [0.5, 0.6) is 0 Å². The average molecular weight is 295 g/mol. The van der Waals surface area contributed by atoms with Gasteiger partial charge in [0.25, 0.3) is 11.1 Å². The zero-order chi connectivity index (χ0) is 14.5. The highest BCUT2D eigenvalue weighted by Crippen LogP contribution is 2.20. The third-order valence-electron chi connectivity index (χ3n) is 2.29. The Hall–Kier alpha value is -1.89. The van der Waals surface area contributed by atoms with Gasteiger partial charge in [0.2, 0.25) is 5.89 Å². The van der Waals surface area contributed by atoms with Crippen LogP contribution < -0.4 is 5.32 Å². The Bertz CT molecular complexity index is 584. The number of aromatic nitrogens is 2. The quantitative estimate of drug-likeness (QED) is 0.859. The zero-order valence-corrected chi connectivity index (χ0v) is 11.9. The first-order valence-corrected chi connectivity index (χ1v) is 6.95. The van der Waals surface area contributed by atoms with Crippen LogP contribution in [0.3, 0.4) is 0 Å². The van der Waals surface area contributed by atoms with Crippen LogP contribution in [-0.2, 0) is 6.54 Å². The number of hydrogen-bond acceptors (Lipinski definition) is 5. The molecule has 20 heavy (non-hydrogen) atoms. The molecule has 2 rings (SSSR count). The van der Waals surface area contributed by atoms with Crippen LogP contribution in [0, 0.1) is 5.82 Å². The number of nitrogens with one attached hydrogen (secondary N) is 1. The second kappa shape index (κ2) is 6.51. The van der Waals surface area contributed by atoms with Crippen molar-refractivity contribution in [3.63, 3.8) is 0 Å². The number of carbonyl (C=O) groups is 1. The van der Waals surface area contributed by atoms with Crippen molar-refractivity contribution >= 4 is 17.7 Å². The van der Waals surface area contributed by atoms with E-state index in [0.717, 1.165) is 0 Å². The molecule has 1 amide bonds. The van der Waals surface area contributed by atoms with E-state index in [-0.39, 0.29) is 18.3 Å². The normalized spacial score (nSPS) is 10.8. The van der Waals surface area contributed by atoms with Crippen LogP contribution in [0.25, 0.3) is 0 Å². The van der Waals surface area contributed by atoms with Crippen molar-refractivity contribution in [2.45, 2.75) is 30.9 Å². The molecule has 0 spiro atoms. The highest BCUT2D eigenvalue weighted by Gasteiger charge is 2.10. The van der Waals surface area contributed by atoms with Crippen LogP contribution in [0.15, 0.2) is 33.9 Å². The fourth-order valence-electron chi connectivity index (χ4n) is 1.42. The van der Waals surface area contributed by atoms with Gasteiger partial charge in [0, 0.05) is 10.8 Å². The van der Waals surface area contributed by atoms with E-state index in [9.17, 15) is 9.18 Å². The summed E-state index contributed by atoms with van der Waals surface area (Å²) in [6.07, 6.45) is 0. The van der Waals surface area contributed by atoms with Crippen LogP contribution in [-0.4, -0.2) is 21.4 Å². The molecule has 2 aromatic rings. The summed E-state index contributed by atoms with van der Waals surface area (Å²) in [5.74, 6) is -0.362. The molecule has 1 aromatic carbocycles. The first-order valence-electron chi connectivity index (χ1n) is 6.07. The Balaban J connectivity index is 1.90. The van der Waals surface area contributed by atoms with Gasteiger partial charge in [-0.3, -0.25) is 4.79 Å². The summed E-state index contributed by atoms with van der Waals surface area (Å²) < 4.78 is 18.1. The summed E-state index contributed by atoms with van der Waals surface area (Å²) in [5, 5.41) is 11.2. The third-order valence-corrected chi connectivity index (χ3v) is 3.13. The summed E-state index contributed by atoms with van der Waals surface area (Å²) in [6.45, 7) is 4.18. The zero-order valence-electron chi connectivity index (χ0n) is 11.1. The minimum Gasteiger partial charge on any atom is -0.414 e. The Kier molecular flexibility index (Phi) is 4.73. The standard InChI is InChI=1S/C13H14FN3O2S/c1-8(2)20-13-17-16-11(19-13)7-15-12(18)9-3-5-10(14)6-4-9/h3-6,8H,7H2,1-2H3,(H,15,18). The van der Waals surface area contributed by atoms with Crippen LogP contribution in [0.4, 0.5) is 4.39 Å². The average Bonchev–Trinajstić information content (AvgIpc) is 2.83. The molecule has 106 valence electrons. The smallest absolute Gasteiger partial charge is 0.276 e. The SMILES string of the molecule is CC(C)Sc1nnc(CNC(=O)c2ccc(F)cc2)o1. The van der Waals surface area contributed by atoms with E-state index in [0.29, 0.717) is 21.9 Å². The monoisotopic (exact) mass is 295 g/mol. The largest absolute Gasteiger partial charge is 0.414 e. The molecule has 1 N–H and O–H groups in total. The predicted octanol–water partition coefficient (Wildman–Crippen LogP) is 2.64. The molecule has 1 aromatic heterocycles. The van der Waals surface area contributed by atoms with Gasteiger partial charge in [-0.05, 0) is 24.3 Å². The van der Waals surface area contributed by atoms with Gasteiger partial charge in [-0.1, -0.05) is 25.6 Å². The number of amides is 1. The van der Waals surface area contributed by atoms with E-state index in [1.807, 2.05) is 13.8 Å². The van der Waals surface area contributed by atoms with Crippen molar-refractivity contribution < 1.29 is 13.6 Å². The summed E-state index contributed by atoms with van der Waals surface area (Å²) in [6, 6.07) is 5.30. The number of hydrogen-bond donors (Lipinski definition) is 1. The molecule has 0 fully saturated rings. The predicted molar refractivity (Wildman–Crippen MR) is 72.9 cm³/mol. The van der Waals surface area contributed by atoms with Crippen molar-refractivity contribution in [1.29, 1.82) is 0 Å². The molecule has 0 aliphatic heterocycles. The van der Waals surface area contributed by atoms with Crippen molar-refractivity contribution in [1.82, 2.24) is 15.5 Å². The van der Waals surface area contributed by atoms with E-state index in [4.69, 9.17) is 4.42 Å². The molecule has 0 saturated heterocycles. The first-order chi connectivity index (χ1) is 9.54. The Morgan fingerprint density at radius 1 is 1.35 bits per heavy atom. The minimum atomic E-state index is -0.381. The molecule has 0 atom stereocenters. The fourth-order valence-corrected chi connectivity index (χ4v) is 2.05. The summed E-state index contributed by atoms with van der Waals surface area (Å²) in [5.41, 5.74) is 0.377. The maximum Gasteiger partial charge on any atom is 0.276 e. The Labute approximate surface area is 120 Å². The molecule has 7 heteroatoms. The minimum absolute atomic E-state index is 0.141. The molecule has 0 saturated carbocycles. The van der Waals surface area contributed by atoms with E-state index < -0.39 is 0 Å². The number of thioether (sulfide) groups is 1. The van der Waals surface area contributed by atoms with Gasteiger partial charge in [-0.25, -0.2) is 4.39 Å². The van der Waals surface area contributed by atoms with Crippen molar-refractivity contribution in [2.24, 2.45) is 0 Å². The lowest BCUT2D eigenvalue weighted by Gasteiger charge is -2.02. The molecule has 0 unspecified atom stereocenters. The van der Waals surface area contributed by atoms with E-state index >= 15 is 0 Å². The lowest BCUT2D eigenvalue weighted by atomic mass is 10.2. The molecule has 0 bridgehead atoms. The third kappa shape index (κ3) is 4.06. The van der Waals surface area contributed by atoms with Gasteiger partial charge >= 0.3 is 0 Å². The molecule has 0 aliphatic carbocycles. The topological polar surface area (TPSA) is 68.0 Å². The number of nitrogens with zero attached hydrogens (tertiary/aromatic N) is 2. The molecule has 1 heterocycles. The first kappa shape index (κ1) is 14.5. The number of rotatable bonds is 5. The highest BCUT2D eigenvalue weighted by atomic mass is 32.2. The molecular weight excluding hydrogens is 281 g/mol. The lowest BCUT2D eigenvalue weighted by molar-refractivity contribution is 0.0946. The summed E-state index contributed by atoms with van der Waals surface area (Å²) in [7, 11) is 0. The highest BCUT2D eigenvalue weighted by molar-refractivity contribution is 7.99. The lowest BCUT2D eigenvalue weighted by Crippen LogP contribution is -2.22. The molecule has 0 aliphatic rings. The Morgan fingerprint density at radius 3 is 2.70 bits per heavy atom. The Morgan fingerprint density at radius 2 is 2.05 bits per heavy atom. The van der Waals surface area contributed by atoms with Crippen LogP contribution in [0.1, 0.15) is 30.1 Å². The van der Waals surface area contributed by atoms with Gasteiger partial charge < -0.3 is 9.73 Å². The van der Waals surface area contributed by atoms with Gasteiger partial charge in [0.05, 0.1) is 6.54 Å². The number of carbonyl (C=O) groups excluding carboxylic acids is 1. The molecule has 0 radical (unpaired) electrons. The van der Waals surface area contributed by atoms with Crippen molar-refractivity contribution in [2.75, 3.05) is 0 Å². The maximum atomic E-state index is 12.7. The summed E-state index contributed by atoms with van der Waals surface area (Å²) >= 11 is 1.46. The van der Waals surface area contributed by atoms with Crippen molar-refractivity contribution in [3.05, 3.63) is 41.5 Å². The summed E-state index contributed by atoms with van der Waals surface area (Å²) in [4.78, 5) is 11.8. The van der Waals surface area contributed by atoms with Gasteiger partial charge in [-0.15, -0.1) is 10.2 Å². The molecular formula is C13H14FN3O2S. The van der Waals surface area contributed by atoms with Gasteiger partial charge in [0.15, 0.2) is 0 Å². The van der Waals surface area contributed by atoms with Gasteiger partial charge in [0.1, 0.15) is 5.82 Å². The van der Waals surface area contributed by atoms with Crippen molar-refractivity contribution in [3.8, 4) is 0 Å². The van der Waals surface area contributed by atoms with E-state index in [1.165, 1.54) is 36.0 Å². The number of benzene rings is 1. The fraction of sp³-hybridized carbons (Fsp3) is 0.308.